The molecule has 1 spiro atoms. The maximum absolute atomic E-state index is 10.3. The summed E-state index contributed by atoms with van der Waals surface area (Å²) in [4.78, 5) is 2.54. The predicted molar refractivity (Wildman–Crippen MR) is 93.5 cm³/mol. The number of nitrogens with zero attached hydrogens (tertiary/aromatic N) is 1. The smallest absolute Gasteiger partial charge is 0.122 e. The number of likely N-dealkylation sites (tertiary alicyclic amines) is 1. The van der Waals surface area contributed by atoms with Crippen LogP contribution in [0.3, 0.4) is 0 Å². The van der Waals surface area contributed by atoms with Gasteiger partial charge in [-0.3, -0.25) is 0 Å². The van der Waals surface area contributed by atoms with Crippen LogP contribution in [0, 0.1) is 5.41 Å². The minimum atomic E-state index is -0.159. The number of fused-ring (bicyclic) bond motifs is 1. The Morgan fingerprint density at radius 3 is 2.92 bits per heavy atom. The summed E-state index contributed by atoms with van der Waals surface area (Å²) in [6.45, 7) is 6.89. The summed E-state index contributed by atoms with van der Waals surface area (Å²) in [5.41, 5.74) is 2.81. The molecule has 1 saturated heterocycles. The normalized spacial score (nSPS) is 28.4. The topological polar surface area (TPSA) is 41.9 Å². The zero-order valence-electron chi connectivity index (χ0n) is 14.7. The van der Waals surface area contributed by atoms with Crippen LogP contribution in [0.2, 0.25) is 0 Å². The largest absolute Gasteiger partial charge is 0.493 e. The quantitative estimate of drug-likeness (QED) is 0.900. The predicted octanol–water partition coefficient (Wildman–Crippen LogP) is 2.42. The Labute approximate surface area is 144 Å². The lowest BCUT2D eigenvalue weighted by Gasteiger charge is -2.56. The molecule has 3 aliphatic rings. The van der Waals surface area contributed by atoms with Crippen molar-refractivity contribution in [3.63, 3.8) is 0 Å². The van der Waals surface area contributed by atoms with Gasteiger partial charge in [0.05, 0.1) is 18.8 Å². The van der Waals surface area contributed by atoms with Crippen molar-refractivity contribution in [3.8, 4) is 5.75 Å². The van der Waals surface area contributed by atoms with E-state index in [2.05, 4.69) is 30.0 Å². The second-order valence-electron chi connectivity index (χ2n) is 7.56. The lowest BCUT2D eigenvalue weighted by atomic mass is 9.58. The van der Waals surface area contributed by atoms with Crippen LogP contribution in [0.15, 0.2) is 18.2 Å². The minimum absolute atomic E-state index is 0.0391. The molecule has 1 aliphatic carbocycles. The van der Waals surface area contributed by atoms with Gasteiger partial charge < -0.3 is 19.5 Å². The van der Waals surface area contributed by atoms with Gasteiger partial charge >= 0.3 is 0 Å². The van der Waals surface area contributed by atoms with Crippen molar-refractivity contribution in [2.45, 2.75) is 51.2 Å². The zero-order valence-corrected chi connectivity index (χ0v) is 14.7. The van der Waals surface area contributed by atoms with Gasteiger partial charge in [-0.05, 0) is 56.5 Å². The summed E-state index contributed by atoms with van der Waals surface area (Å²) >= 11 is 0. The van der Waals surface area contributed by atoms with Crippen LogP contribution in [0.5, 0.6) is 5.75 Å². The maximum Gasteiger partial charge on any atom is 0.122 e. The second-order valence-corrected chi connectivity index (χ2v) is 7.56. The van der Waals surface area contributed by atoms with Gasteiger partial charge in [0.2, 0.25) is 0 Å². The van der Waals surface area contributed by atoms with Crippen molar-refractivity contribution < 1.29 is 14.6 Å². The van der Waals surface area contributed by atoms with Crippen molar-refractivity contribution in [2.75, 3.05) is 32.8 Å². The fourth-order valence-electron chi connectivity index (χ4n) is 4.69. The molecule has 0 aromatic heterocycles. The summed E-state index contributed by atoms with van der Waals surface area (Å²) in [7, 11) is 0. The van der Waals surface area contributed by atoms with Crippen LogP contribution in [0.1, 0.15) is 37.3 Å². The third kappa shape index (κ3) is 2.85. The Morgan fingerprint density at radius 1 is 1.33 bits per heavy atom. The fraction of sp³-hybridized carbons (Fsp3) is 0.700. The molecule has 0 bridgehead atoms. The summed E-state index contributed by atoms with van der Waals surface area (Å²) in [6.07, 6.45) is 5.21. The Hall–Kier alpha value is -1.10. The van der Waals surface area contributed by atoms with Crippen LogP contribution in [0.4, 0.5) is 0 Å². The van der Waals surface area contributed by atoms with Crippen molar-refractivity contribution in [1.82, 2.24) is 4.90 Å². The van der Waals surface area contributed by atoms with E-state index in [0.29, 0.717) is 0 Å². The van der Waals surface area contributed by atoms with Crippen molar-refractivity contribution in [3.05, 3.63) is 29.3 Å². The highest BCUT2D eigenvalue weighted by Gasteiger charge is 2.55. The Bertz CT molecular complexity index is 578. The van der Waals surface area contributed by atoms with Gasteiger partial charge in [0.25, 0.3) is 0 Å². The Balaban J connectivity index is 1.29. The average Bonchev–Trinajstić information content (AvgIpc) is 3.08. The maximum atomic E-state index is 10.3. The number of hydrogen-bond donors (Lipinski definition) is 1. The van der Waals surface area contributed by atoms with E-state index in [1.807, 2.05) is 0 Å². The molecule has 2 atom stereocenters. The van der Waals surface area contributed by atoms with Crippen molar-refractivity contribution in [1.29, 1.82) is 0 Å². The Kier molecular flexibility index (Phi) is 4.54. The molecule has 0 amide bonds. The molecule has 24 heavy (non-hydrogen) atoms. The first-order valence-corrected chi connectivity index (χ1v) is 9.48. The third-order valence-corrected chi connectivity index (χ3v) is 6.37. The number of ether oxygens (including phenoxy) is 2. The van der Waals surface area contributed by atoms with Gasteiger partial charge in [0.1, 0.15) is 5.75 Å². The molecule has 4 rings (SSSR count). The van der Waals surface area contributed by atoms with Crippen LogP contribution in [0.25, 0.3) is 0 Å². The average molecular weight is 331 g/mol. The number of hydrogen-bond acceptors (Lipinski definition) is 4. The van der Waals surface area contributed by atoms with E-state index >= 15 is 0 Å². The van der Waals surface area contributed by atoms with E-state index in [1.54, 1.807) is 0 Å². The molecule has 4 heteroatoms. The van der Waals surface area contributed by atoms with E-state index in [-0.39, 0.29) is 17.6 Å². The molecule has 4 nitrogen and oxygen atoms in total. The van der Waals surface area contributed by atoms with E-state index < -0.39 is 0 Å². The van der Waals surface area contributed by atoms with Crippen LogP contribution < -0.4 is 4.74 Å². The monoisotopic (exact) mass is 331 g/mol. The molecule has 2 aliphatic heterocycles. The molecule has 2 heterocycles. The van der Waals surface area contributed by atoms with Crippen LogP contribution in [-0.4, -0.2) is 55.1 Å². The van der Waals surface area contributed by atoms with Crippen molar-refractivity contribution >= 4 is 0 Å². The highest BCUT2D eigenvalue weighted by molar-refractivity contribution is 5.39. The molecular formula is C20H29NO3. The number of aliphatic hydroxyl groups is 1. The molecule has 1 aromatic carbocycles. The number of benzene rings is 1. The van der Waals surface area contributed by atoms with Gasteiger partial charge in [0, 0.05) is 31.4 Å². The SMILES string of the molecule is CCOC1CC(O)C12CCN(CCc1ccc3c(c1)CCO3)CC2. The molecule has 1 aromatic rings. The summed E-state index contributed by atoms with van der Waals surface area (Å²) < 4.78 is 11.4. The highest BCUT2D eigenvalue weighted by atomic mass is 16.5. The first-order valence-electron chi connectivity index (χ1n) is 9.48. The lowest BCUT2D eigenvalue weighted by Crippen LogP contribution is -2.62. The fourth-order valence-corrected chi connectivity index (χ4v) is 4.69. The second kappa shape index (κ2) is 6.66. The van der Waals surface area contributed by atoms with Gasteiger partial charge in [-0.2, -0.15) is 0 Å². The van der Waals surface area contributed by atoms with Gasteiger partial charge in [0.15, 0.2) is 0 Å². The first-order chi connectivity index (χ1) is 11.7. The number of rotatable bonds is 5. The number of piperidine rings is 1. The van der Waals surface area contributed by atoms with E-state index in [0.717, 1.165) is 70.7 Å². The molecule has 2 unspecified atom stereocenters. The molecule has 1 saturated carbocycles. The van der Waals surface area contributed by atoms with Crippen LogP contribution in [-0.2, 0) is 17.6 Å². The number of aliphatic hydroxyl groups excluding tert-OH is 1. The minimum Gasteiger partial charge on any atom is -0.493 e. The molecule has 0 radical (unpaired) electrons. The van der Waals surface area contributed by atoms with E-state index in [9.17, 15) is 5.11 Å². The molecule has 1 N–H and O–H groups in total. The van der Waals surface area contributed by atoms with Gasteiger partial charge in [-0.1, -0.05) is 12.1 Å². The summed E-state index contributed by atoms with van der Waals surface area (Å²) in [5, 5.41) is 10.3. The Morgan fingerprint density at radius 2 is 2.17 bits per heavy atom. The lowest BCUT2D eigenvalue weighted by molar-refractivity contribution is -0.209. The van der Waals surface area contributed by atoms with E-state index in [1.165, 1.54) is 11.1 Å². The van der Waals surface area contributed by atoms with Crippen molar-refractivity contribution in [2.24, 2.45) is 5.41 Å². The molecular weight excluding hydrogens is 302 g/mol. The van der Waals surface area contributed by atoms with E-state index in [4.69, 9.17) is 9.47 Å². The summed E-state index contributed by atoms with van der Waals surface area (Å²) in [5.74, 6) is 1.07. The molecule has 132 valence electrons. The first kappa shape index (κ1) is 16.4. The summed E-state index contributed by atoms with van der Waals surface area (Å²) in [6, 6.07) is 6.64. The van der Waals surface area contributed by atoms with Crippen LogP contribution >= 0.6 is 0 Å². The zero-order chi connectivity index (χ0) is 16.6. The van der Waals surface area contributed by atoms with Gasteiger partial charge in [-0.25, -0.2) is 0 Å². The standard InChI is InChI=1S/C20H29NO3/c1-2-23-19-14-18(22)20(19)7-10-21(11-8-20)9-5-15-3-4-17-16(13-15)6-12-24-17/h3-4,13,18-19,22H,2,5-12,14H2,1H3. The highest BCUT2D eigenvalue weighted by Crippen LogP contribution is 2.50. The van der Waals surface area contributed by atoms with Gasteiger partial charge in [-0.15, -0.1) is 0 Å². The molecule has 2 fully saturated rings. The third-order valence-electron chi connectivity index (χ3n) is 6.37.